The Morgan fingerprint density at radius 1 is 0.926 bits per heavy atom. The summed E-state index contributed by atoms with van der Waals surface area (Å²) in [6.07, 6.45) is 5.35. The van der Waals surface area contributed by atoms with Crippen LogP contribution in [0.25, 0.3) is 33.3 Å². The number of benzene rings is 2. The minimum absolute atomic E-state index is 0.653. The summed E-state index contributed by atoms with van der Waals surface area (Å²) < 4.78 is 0. The smallest absolute Gasteiger partial charge is 0.142 e. The Balaban J connectivity index is 1.76. The van der Waals surface area contributed by atoms with Crippen molar-refractivity contribution in [3.05, 3.63) is 78.2 Å². The molecule has 0 bridgehead atoms. The quantitative estimate of drug-likeness (QED) is 0.435. The molecule has 0 saturated heterocycles. The van der Waals surface area contributed by atoms with Crippen molar-refractivity contribution in [2.24, 2.45) is 0 Å². The molecule has 5 aromatic rings. The Morgan fingerprint density at radius 3 is 2.70 bits per heavy atom. The summed E-state index contributed by atoms with van der Waals surface area (Å²) in [6, 6.07) is 17.5. The molecule has 0 aliphatic carbocycles. The van der Waals surface area contributed by atoms with E-state index in [1.54, 1.807) is 12.4 Å². The summed E-state index contributed by atoms with van der Waals surface area (Å²) in [4.78, 5) is 16.9. The fraction of sp³-hybridized carbons (Fsp3) is 0. The van der Waals surface area contributed by atoms with Crippen LogP contribution in [-0.2, 0) is 0 Å². The van der Waals surface area contributed by atoms with Crippen molar-refractivity contribution < 1.29 is 0 Å². The van der Waals surface area contributed by atoms with Gasteiger partial charge in [-0.25, -0.2) is 4.98 Å². The van der Waals surface area contributed by atoms with Crippen molar-refractivity contribution in [1.29, 1.82) is 0 Å². The molecule has 0 aliphatic rings. The molecule has 2 N–H and O–H groups in total. The first-order chi connectivity index (χ1) is 13.3. The molecule has 3 heterocycles. The second kappa shape index (κ2) is 6.37. The number of aromatic nitrogens is 4. The zero-order valence-corrected chi connectivity index (χ0v) is 14.9. The van der Waals surface area contributed by atoms with Crippen LogP contribution in [0.1, 0.15) is 0 Å². The molecule has 0 aliphatic heterocycles. The number of imidazole rings is 1. The third kappa shape index (κ3) is 2.88. The van der Waals surface area contributed by atoms with E-state index in [4.69, 9.17) is 16.6 Å². The Hall–Kier alpha value is -3.44. The van der Waals surface area contributed by atoms with Crippen molar-refractivity contribution in [1.82, 2.24) is 19.9 Å². The van der Waals surface area contributed by atoms with Crippen molar-refractivity contribution in [3.63, 3.8) is 0 Å². The number of nitrogens with zero attached hydrogens (tertiary/aromatic N) is 3. The van der Waals surface area contributed by atoms with Gasteiger partial charge in [0.2, 0.25) is 0 Å². The molecular weight excluding hydrogens is 358 g/mol. The van der Waals surface area contributed by atoms with Crippen LogP contribution in [0, 0.1) is 0 Å². The topological polar surface area (TPSA) is 66.5 Å². The Morgan fingerprint density at radius 2 is 1.85 bits per heavy atom. The van der Waals surface area contributed by atoms with Gasteiger partial charge in [0.05, 0.1) is 39.7 Å². The standard InChI is InChI=1S/C21H14ClN5/c22-13-7-8-17-15(10-13)20(25-14-4-3-9-23-11-14)16(12-24-17)21-26-18-5-1-2-6-19(18)27-21/h1-12H,(H,24,25)(H,26,27). The van der Waals surface area contributed by atoms with E-state index in [0.29, 0.717) is 5.02 Å². The minimum Gasteiger partial charge on any atom is -0.353 e. The highest BCUT2D eigenvalue weighted by Crippen LogP contribution is 2.36. The molecule has 3 aromatic heterocycles. The average molecular weight is 372 g/mol. The number of fused-ring (bicyclic) bond motifs is 2. The highest BCUT2D eigenvalue weighted by atomic mass is 35.5. The van der Waals surface area contributed by atoms with Gasteiger partial charge in [0.25, 0.3) is 0 Å². The lowest BCUT2D eigenvalue weighted by molar-refractivity contribution is 1.29. The van der Waals surface area contributed by atoms with E-state index in [9.17, 15) is 0 Å². The summed E-state index contributed by atoms with van der Waals surface area (Å²) in [5, 5.41) is 5.04. The number of pyridine rings is 2. The zero-order valence-electron chi connectivity index (χ0n) is 14.1. The molecular formula is C21H14ClN5. The third-order valence-corrected chi connectivity index (χ3v) is 4.64. The van der Waals surface area contributed by atoms with Crippen molar-refractivity contribution in [2.75, 3.05) is 5.32 Å². The summed E-state index contributed by atoms with van der Waals surface area (Å²) in [5.41, 5.74) is 5.37. The predicted octanol–water partition coefficient (Wildman–Crippen LogP) is 5.57. The maximum absolute atomic E-state index is 6.26. The second-order valence-corrected chi connectivity index (χ2v) is 6.61. The fourth-order valence-electron chi connectivity index (χ4n) is 3.14. The van der Waals surface area contributed by atoms with Crippen molar-refractivity contribution in [2.45, 2.75) is 0 Å². The zero-order chi connectivity index (χ0) is 18.2. The lowest BCUT2D eigenvalue weighted by atomic mass is 10.1. The average Bonchev–Trinajstić information content (AvgIpc) is 3.13. The van der Waals surface area contributed by atoms with Gasteiger partial charge < -0.3 is 10.3 Å². The van der Waals surface area contributed by atoms with Crippen LogP contribution in [0.2, 0.25) is 5.02 Å². The summed E-state index contributed by atoms with van der Waals surface area (Å²) in [7, 11) is 0. The lowest BCUT2D eigenvalue weighted by Gasteiger charge is -2.13. The van der Waals surface area contributed by atoms with Gasteiger partial charge >= 0.3 is 0 Å². The molecule has 0 radical (unpaired) electrons. The molecule has 0 fully saturated rings. The number of para-hydroxylation sites is 2. The largest absolute Gasteiger partial charge is 0.353 e. The van der Waals surface area contributed by atoms with E-state index < -0.39 is 0 Å². The number of rotatable bonds is 3. The van der Waals surface area contributed by atoms with Gasteiger partial charge in [0.1, 0.15) is 5.82 Å². The van der Waals surface area contributed by atoms with Gasteiger partial charge in [-0.1, -0.05) is 23.7 Å². The number of hydrogen-bond acceptors (Lipinski definition) is 4. The minimum atomic E-state index is 0.653. The van der Waals surface area contributed by atoms with Crippen LogP contribution < -0.4 is 5.32 Å². The van der Waals surface area contributed by atoms with Gasteiger partial charge in [0, 0.05) is 22.8 Å². The first kappa shape index (κ1) is 15.8. The summed E-state index contributed by atoms with van der Waals surface area (Å²) in [5.74, 6) is 0.747. The Labute approximate surface area is 160 Å². The van der Waals surface area contributed by atoms with E-state index in [1.807, 2.05) is 60.8 Å². The van der Waals surface area contributed by atoms with E-state index >= 15 is 0 Å². The van der Waals surface area contributed by atoms with Gasteiger partial charge in [-0.3, -0.25) is 9.97 Å². The number of nitrogens with one attached hydrogen (secondary N) is 2. The van der Waals surface area contributed by atoms with Crippen molar-refractivity contribution in [3.8, 4) is 11.4 Å². The molecule has 0 atom stereocenters. The lowest BCUT2D eigenvalue weighted by Crippen LogP contribution is -1.97. The number of aromatic amines is 1. The molecule has 130 valence electrons. The highest BCUT2D eigenvalue weighted by Gasteiger charge is 2.15. The van der Waals surface area contributed by atoms with E-state index in [1.165, 1.54) is 0 Å². The van der Waals surface area contributed by atoms with Gasteiger partial charge in [-0.2, -0.15) is 0 Å². The Kier molecular flexibility index (Phi) is 3.73. The van der Waals surface area contributed by atoms with Crippen LogP contribution in [0.15, 0.2) is 73.2 Å². The molecule has 0 saturated carbocycles. The van der Waals surface area contributed by atoms with Crippen LogP contribution in [0.5, 0.6) is 0 Å². The number of H-pyrrole nitrogens is 1. The van der Waals surface area contributed by atoms with E-state index in [0.717, 1.165) is 44.7 Å². The first-order valence-electron chi connectivity index (χ1n) is 8.48. The van der Waals surface area contributed by atoms with E-state index in [2.05, 4.69) is 20.3 Å². The maximum Gasteiger partial charge on any atom is 0.142 e. The molecule has 27 heavy (non-hydrogen) atoms. The molecule has 5 nitrogen and oxygen atoms in total. The molecule has 0 unspecified atom stereocenters. The second-order valence-electron chi connectivity index (χ2n) is 6.18. The Bertz CT molecular complexity index is 1230. The van der Waals surface area contributed by atoms with Gasteiger partial charge in [0.15, 0.2) is 0 Å². The number of halogens is 1. The first-order valence-corrected chi connectivity index (χ1v) is 8.86. The van der Waals surface area contributed by atoms with Crippen LogP contribution in [-0.4, -0.2) is 19.9 Å². The fourth-order valence-corrected chi connectivity index (χ4v) is 3.31. The predicted molar refractivity (Wildman–Crippen MR) is 109 cm³/mol. The SMILES string of the molecule is Clc1ccc2ncc(-c3nc4ccccc4[nH]3)c(Nc3cccnc3)c2c1. The summed E-state index contributed by atoms with van der Waals surface area (Å²) >= 11 is 6.26. The highest BCUT2D eigenvalue weighted by molar-refractivity contribution is 6.31. The molecule has 6 heteroatoms. The van der Waals surface area contributed by atoms with Crippen LogP contribution in [0.4, 0.5) is 11.4 Å². The molecule has 2 aromatic carbocycles. The van der Waals surface area contributed by atoms with Gasteiger partial charge in [-0.15, -0.1) is 0 Å². The van der Waals surface area contributed by atoms with Gasteiger partial charge in [-0.05, 0) is 42.5 Å². The molecule has 0 amide bonds. The number of hydrogen-bond donors (Lipinski definition) is 2. The monoisotopic (exact) mass is 371 g/mol. The van der Waals surface area contributed by atoms with Crippen molar-refractivity contribution >= 4 is 44.9 Å². The van der Waals surface area contributed by atoms with Crippen LogP contribution >= 0.6 is 11.6 Å². The van der Waals surface area contributed by atoms with Crippen LogP contribution in [0.3, 0.4) is 0 Å². The summed E-state index contributed by atoms with van der Waals surface area (Å²) in [6.45, 7) is 0. The van der Waals surface area contributed by atoms with E-state index in [-0.39, 0.29) is 0 Å². The molecule has 5 rings (SSSR count). The number of anilines is 2. The maximum atomic E-state index is 6.26. The third-order valence-electron chi connectivity index (χ3n) is 4.41. The molecule has 0 spiro atoms. The normalized spacial score (nSPS) is 11.1.